The maximum absolute atomic E-state index is 11.3. The molecule has 0 radical (unpaired) electrons. The first-order valence-corrected chi connectivity index (χ1v) is 6.46. The molecule has 0 spiro atoms. The smallest absolute Gasteiger partial charge is 0.312 e. The van der Waals surface area contributed by atoms with E-state index in [0.717, 1.165) is 45.1 Å². The molecule has 0 fully saturated rings. The number of carbonyl (C=O) groups is 2. The summed E-state index contributed by atoms with van der Waals surface area (Å²) in [4.78, 5) is 21.7. The van der Waals surface area contributed by atoms with Crippen LogP contribution in [0.4, 0.5) is 4.79 Å². The molecule has 0 aliphatic rings. The molecule has 0 heterocycles. The monoisotopic (exact) mass is 243 g/mol. The Bertz CT molecular complexity index is 220. The van der Waals surface area contributed by atoms with E-state index >= 15 is 0 Å². The SMILES string of the molecule is CCCCCC(=O)NCCCCCNC(N)=O. The van der Waals surface area contributed by atoms with E-state index in [1.165, 1.54) is 0 Å². The van der Waals surface area contributed by atoms with Gasteiger partial charge >= 0.3 is 6.03 Å². The van der Waals surface area contributed by atoms with Gasteiger partial charge in [0.25, 0.3) is 0 Å². The highest BCUT2D eigenvalue weighted by Gasteiger charge is 1.99. The maximum atomic E-state index is 11.3. The van der Waals surface area contributed by atoms with Crippen molar-refractivity contribution in [3.8, 4) is 0 Å². The van der Waals surface area contributed by atoms with Crippen molar-refractivity contribution in [2.45, 2.75) is 51.9 Å². The molecule has 0 aromatic carbocycles. The predicted molar refractivity (Wildman–Crippen MR) is 68.6 cm³/mol. The Balaban J connectivity index is 3.16. The second kappa shape index (κ2) is 11.2. The van der Waals surface area contributed by atoms with Crippen LogP contribution in [0.25, 0.3) is 0 Å². The van der Waals surface area contributed by atoms with E-state index in [4.69, 9.17) is 5.73 Å². The second-order valence-electron chi connectivity index (χ2n) is 4.16. The van der Waals surface area contributed by atoms with Crippen molar-refractivity contribution in [3.63, 3.8) is 0 Å². The van der Waals surface area contributed by atoms with E-state index in [1.807, 2.05) is 0 Å². The number of primary amides is 1. The number of rotatable bonds is 10. The largest absolute Gasteiger partial charge is 0.356 e. The first-order valence-electron chi connectivity index (χ1n) is 6.46. The average molecular weight is 243 g/mol. The van der Waals surface area contributed by atoms with Crippen molar-refractivity contribution in [2.75, 3.05) is 13.1 Å². The summed E-state index contributed by atoms with van der Waals surface area (Å²) < 4.78 is 0. The highest BCUT2D eigenvalue weighted by atomic mass is 16.2. The van der Waals surface area contributed by atoms with Crippen LogP contribution in [0.15, 0.2) is 0 Å². The van der Waals surface area contributed by atoms with Gasteiger partial charge in [0.2, 0.25) is 5.91 Å². The van der Waals surface area contributed by atoms with Gasteiger partial charge < -0.3 is 16.4 Å². The van der Waals surface area contributed by atoms with Crippen LogP contribution in [0.3, 0.4) is 0 Å². The summed E-state index contributed by atoms with van der Waals surface area (Å²) in [5, 5.41) is 5.42. The number of amides is 3. The molecule has 5 nitrogen and oxygen atoms in total. The Morgan fingerprint density at radius 1 is 0.941 bits per heavy atom. The van der Waals surface area contributed by atoms with E-state index in [0.29, 0.717) is 13.0 Å². The molecule has 0 aliphatic carbocycles. The van der Waals surface area contributed by atoms with Crippen LogP contribution in [0.1, 0.15) is 51.9 Å². The molecule has 0 saturated carbocycles. The second-order valence-corrected chi connectivity index (χ2v) is 4.16. The number of nitrogens with two attached hydrogens (primary N) is 1. The lowest BCUT2D eigenvalue weighted by molar-refractivity contribution is -0.121. The molecule has 0 rings (SSSR count). The molecule has 0 unspecified atom stereocenters. The first kappa shape index (κ1) is 15.7. The van der Waals surface area contributed by atoms with Crippen molar-refractivity contribution in [1.29, 1.82) is 0 Å². The predicted octanol–water partition coefficient (Wildman–Crippen LogP) is 1.52. The number of nitrogens with one attached hydrogen (secondary N) is 2. The number of unbranched alkanes of at least 4 members (excludes halogenated alkanes) is 4. The van der Waals surface area contributed by atoms with Gasteiger partial charge in [0.15, 0.2) is 0 Å². The zero-order valence-corrected chi connectivity index (χ0v) is 10.8. The molecular formula is C12H25N3O2. The molecule has 0 aromatic rings. The van der Waals surface area contributed by atoms with E-state index in [2.05, 4.69) is 17.6 Å². The number of carbonyl (C=O) groups excluding carboxylic acids is 2. The average Bonchev–Trinajstić information content (AvgIpc) is 2.28. The maximum Gasteiger partial charge on any atom is 0.312 e. The van der Waals surface area contributed by atoms with Crippen LogP contribution in [-0.2, 0) is 4.79 Å². The van der Waals surface area contributed by atoms with E-state index in [1.54, 1.807) is 0 Å². The van der Waals surface area contributed by atoms with Crippen molar-refractivity contribution >= 4 is 11.9 Å². The Kier molecular flexibility index (Phi) is 10.4. The van der Waals surface area contributed by atoms with Crippen LogP contribution in [-0.4, -0.2) is 25.0 Å². The molecular weight excluding hydrogens is 218 g/mol. The molecule has 3 amide bonds. The van der Waals surface area contributed by atoms with Gasteiger partial charge in [0.1, 0.15) is 0 Å². The van der Waals surface area contributed by atoms with Gasteiger partial charge in [0, 0.05) is 19.5 Å². The van der Waals surface area contributed by atoms with Crippen molar-refractivity contribution in [3.05, 3.63) is 0 Å². The summed E-state index contributed by atoms with van der Waals surface area (Å²) in [5.41, 5.74) is 4.92. The van der Waals surface area contributed by atoms with Gasteiger partial charge in [-0.25, -0.2) is 4.79 Å². The van der Waals surface area contributed by atoms with Crippen LogP contribution >= 0.6 is 0 Å². The summed E-state index contributed by atoms with van der Waals surface area (Å²) >= 11 is 0. The highest BCUT2D eigenvalue weighted by molar-refractivity contribution is 5.75. The molecule has 0 aromatic heterocycles. The van der Waals surface area contributed by atoms with E-state index < -0.39 is 6.03 Å². The summed E-state index contributed by atoms with van der Waals surface area (Å²) in [6.07, 6.45) is 6.69. The molecule has 5 heteroatoms. The van der Waals surface area contributed by atoms with Gasteiger partial charge in [-0.2, -0.15) is 0 Å². The minimum absolute atomic E-state index is 0.147. The van der Waals surface area contributed by atoms with Gasteiger partial charge in [-0.1, -0.05) is 19.8 Å². The molecule has 0 aliphatic heterocycles. The van der Waals surface area contributed by atoms with Gasteiger partial charge in [-0.05, 0) is 25.7 Å². The van der Waals surface area contributed by atoms with Crippen LogP contribution < -0.4 is 16.4 Å². The number of hydrogen-bond acceptors (Lipinski definition) is 2. The Labute approximate surface area is 104 Å². The fraction of sp³-hybridized carbons (Fsp3) is 0.833. The van der Waals surface area contributed by atoms with Crippen LogP contribution in [0, 0.1) is 0 Å². The Hall–Kier alpha value is -1.26. The summed E-state index contributed by atoms with van der Waals surface area (Å²) in [6, 6.07) is -0.478. The molecule has 0 saturated heterocycles. The van der Waals surface area contributed by atoms with E-state index in [-0.39, 0.29) is 5.91 Å². The third-order valence-corrected chi connectivity index (χ3v) is 2.48. The molecule has 100 valence electrons. The van der Waals surface area contributed by atoms with Crippen molar-refractivity contribution in [1.82, 2.24) is 10.6 Å². The topological polar surface area (TPSA) is 84.2 Å². The third kappa shape index (κ3) is 12.7. The van der Waals surface area contributed by atoms with Gasteiger partial charge in [-0.3, -0.25) is 4.79 Å². The third-order valence-electron chi connectivity index (χ3n) is 2.48. The molecule has 0 atom stereocenters. The quantitative estimate of drug-likeness (QED) is 0.508. The lowest BCUT2D eigenvalue weighted by atomic mass is 10.2. The highest BCUT2D eigenvalue weighted by Crippen LogP contribution is 1.98. The Morgan fingerprint density at radius 3 is 2.18 bits per heavy atom. The van der Waals surface area contributed by atoms with Crippen LogP contribution in [0.2, 0.25) is 0 Å². The van der Waals surface area contributed by atoms with Crippen molar-refractivity contribution < 1.29 is 9.59 Å². The summed E-state index contributed by atoms with van der Waals surface area (Å²) in [6.45, 7) is 3.46. The Morgan fingerprint density at radius 2 is 1.59 bits per heavy atom. The fourth-order valence-corrected chi connectivity index (χ4v) is 1.49. The van der Waals surface area contributed by atoms with E-state index in [9.17, 15) is 9.59 Å². The van der Waals surface area contributed by atoms with Gasteiger partial charge in [-0.15, -0.1) is 0 Å². The summed E-state index contributed by atoms with van der Waals surface area (Å²) in [7, 11) is 0. The van der Waals surface area contributed by atoms with Crippen LogP contribution in [0.5, 0.6) is 0 Å². The normalized spacial score (nSPS) is 9.94. The minimum atomic E-state index is -0.478. The zero-order chi connectivity index (χ0) is 12.9. The first-order chi connectivity index (χ1) is 8.16. The minimum Gasteiger partial charge on any atom is -0.356 e. The van der Waals surface area contributed by atoms with Gasteiger partial charge in [0.05, 0.1) is 0 Å². The lowest BCUT2D eigenvalue weighted by Crippen LogP contribution is -2.30. The molecule has 4 N–H and O–H groups in total. The summed E-state index contributed by atoms with van der Waals surface area (Å²) in [5.74, 6) is 0.147. The molecule has 0 bridgehead atoms. The lowest BCUT2D eigenvalue weighted by Gasteiger charge is -2.05. The number of urea groups is 1. The standard InChI is InChI=1S/C12H25N3O2/c1-2-3-5-8-11(16)14-9-6-4-7-10-15-12(13)17/h2-10H2,1H3,(H,14,16)(H3,13,15,17). The number of hydrogen-bond donors (Lipinski definition) is 3. The molecule has 17 heavy (non-hydrogen) atoms. The fourth-order valence-electron chi connectivity index (χ4n) is 1.49. The zero-order valence-electron chi connectivity index (χ0n) is 10.8. The van der Waals surface area contributed by atoms with Crippen molar-refractivity contribution in [2.24, 2.45) is 5.73 Å².